The van der Waals surface area contributed by atoms with Crippen LogP contribution in [0.3, 0.4) is 0 Å². The molecule has 14 heavy (non-hydrogen) atoms. The predicted molar refractivity (Wildman–Crippen MR) is 56.5 cm³/mol. The summed E-state index contributed by atoms with van der Waals surface area (Å²) in [5.41, 5.74) is 0.840. The van der Waals surface area contributed by atoms with Gasteiger partial charge in [-0.05, 0) is 18.2 Å². The highest BCUT2D eigenvalue weighted by Gasteiger charge is 1.99. The third-order valence-electron chi connectivity index (χ3n) is 1.56. The van der Waals surface area contributed by atoms with Crippen LogP contribution in [0.4, 0.5) is 4.39 Å². The van der Waals surface area contributed by atoms with Gasteiger partial charge in [-0.15, -0.1) is 0 Å². The zero-order chi connectivity index (χ0) is 10.4. The van der Waals surface area contributed by atoms with E-state index in [0.717, 1.165) is 0 Å². The number of nitriles is 1. The lowest BCUT2D eigenvalue weighted by atomic mass is 10.1. The Hall–Kier alpha value is -1.45. The summed E-state index contributed by atoms with van der Waals surface area (Å²) >= 11 is 3.99. The minimum Gasteiger partial charge on any atom is -0.207 e. The summed E-state index contributed by atoms with van der Waals surface area (Å²) in [6.07, 6.45) is 0.629. The number of nitrogens with zero attached hydrogens (tertiary/aromatic N) is 1. The molecule has 1 aromatic rings. The fourth-order valence-electron chi connectivity index (χ4n) is 0.931. The number of hydrogen-bond donors (Lipinski definition) is 1. The van der Waals surface area contributed by atoms with Crippen LogP contribution in [-0.2, 0) is 0 Å². The van der Waals surface area contributed by atoms with Gasteiger partial charge in [-0.25, -0.2) is 4.39 Å². The molecule has 0 aromatic heterocycles. The number of rotatable bonds is 1. The van der Waals surface area contributed by atoms with Gasteiger partial charge in [0.15, 0.2) is 0 Å². The van der Waals surface area contributed by atoms with Gasteiger partial charge in [0.25, 0.3) is 0 Å². The van der Waals surface area contributed by atoms with Crippen molar-refractivity contribution in [3.05, 3.63) is 35.1 Å². The molecule has 3 heteroatoms. The van der Waals surface area contributed by atoms with Crippen LogP contribution in [-0.4, -0.2) is 5.75 Å². The van der Waals surface area contributed by atoms with Crippen molar-refractivity contribution >= 4 is 12.6 Å². The summed E-state index contributed by atoms with van der Waals surface area (Å²) in [7, 11) is 0. The largest absolute Gasteiger partial charge is 0.207 e. The molecule has 0 atom stereocenters. The third-order valence-corrected chi connectivity index (χ3v) is 1.79. The molecule has 0 aliphatic carbocycles. The first kappa shape index (κ1) is 10.6. The molecule has 1 aromatic carbocycles. The summed E-state index contributed by atoms with van der Waals surface area (Å²) in [5.74, 6) is 5.83. The van der Waals surface area contributed by atoms with Crippen LogP contribution in [0.1, 0.15) is 17.5 Å². The summed E-state index contributed by atoms with van der Waals surface area (Å²) in [5, 5.41) is 8.71. The Labute approximate surface area is 88.0 Å². The Balaban J connectivity index is 3.02. The van der Waals surface area contributed by atoms with E-state index >= 15 is 0 Å². The second-order valence-corrected chi connectivity index (χ2v) is 3.02. The van der Waals surface area contributed by atoms with Crippen LogP contribution < -0.4 is 0 Å². The van der Waals surface area contributed by atoms with Gasteiger partial charge in [0.2, 0.25) is 0 Å². The van der Waals surface area contributed by atoms with E-state index in [2.05, 4.69) is 24.5 Å². The summed E-state index contributed by atoms with van der Waals surface area (Å²) < 4.78 is 12.8. The minimum atomic E-state index is -0.376. The predicted octanol–water partition coefficient (Wildman–Crippen LogP) is 2.37. The zero-order valence-corrected chi connectivity index (χ0v) is 8.31. The minimum absolute atomic E-state index is 0.376. The van der Waals surface area contributed by atoms with E-state index in [4.69, 9.17) is 5.26 Å². The molecule has 0 spiro atoms. The average molecular weight is 205 g/mol. The quantitative estimate of drug-likeness (QED) is 0.552. The molecule has 0 bridgehead atoms. The normalized spacial score (nSPS) is 8.64. The molecule has 0 N–H and O–H groups in total. The maximum absolute atomic E-state index is 12.8. The van der Waals surface area contributed by atoms with Crippen LogP contribution >= 0.6 is 12.6 Å². The van der Waals surface area contributed by atoms with Crippen LogP contribution in [0.15, 0.2) is 18.2 Å². The summed E-state index contributed by atoms with van der Waals surface area (Å²) in [4.78, 5) is 0. The van der Waals surface area contributed by atoms with Crippen LogP contribution in [0, 0.1) is 29.0 Å². The SMILES string of the molecule is N#Cc1ccc(F)cc1C#CCCS. The smallest absolute Gasteiger partial charge is 0.124 e. The molecule has 0 aliphatic heterocycles. The fourth-order valence-corrected chi connectivity index (χ4v) is 1.04. The van der Waals surface area contributed by atoms with Crippen molar-refractivity contribution in [3.8, 4) is 17.9 Å². The van der Waals surface area contributed by atoms with Crippen LogP contribution in [0.2, 0.25) is 0 Å². The lowest BCUT2D eigenvalue weighted by Gasteiger charge is -1.94. The molecule has 0 saturated carbocycles. The Morgan fingerprint density at radius 1 is 1.36 bits per heavy atom. The van der Waals surface area contributed by atoms with Gasteiger partial charge < -0.3 is 0 Å². The van der Waals surface area contributed by atoms with Gasteiger partial charge in [-0.1, -0.05) is 11.8 Å². The molecule has 0 saturated heterocycles. The molecule has 70 valence electrons. The Morgan fingerprint density at radius 2 is 2.14 bits per heavy atom. The first-order valence-corrected chi connectivity index (χ1v) is 4.70. The van der Waals surface area contributed by atoms with Crippen molar-refractivity contribution in [1.82, 2.24) is 0 Å². The molecule has 0 fully saturated rings. The van der Waals surface area contributed by atoms with Crippen molar-refractivity contribution in [3.63, 3.8) is 0 Å². The van der Waals surface area contributed by atoms with Crippen molar-refractivity contribution < 1.29 is 4.39 Å². The van der Waals surface area contributed by atoms with E-state index in [0.29, 0.717) is 23.3 Å². The van der Waals surface area contributed by atoms with E-state index in [1.165, 1.54) is 18.2 Å². The van der Waals surface area contributed by atoms with E-state index in [9.17, 15) is 4.39 Å². The summed E-state index contributed by atoms with van der Waals surface area (Å²) in [6, 6.07) is 5.91. The Morgan fingerprint density at radius 3 is 2.79 bits per heavy atom. The second-order valence-electron chi connectivity index (χ2n) is 2.58. The molecular weight excluding hydrogens is 197 g/mol. The van der Waals surface area contributed by atoms with Gasteiger partial charge in [-0.2, -0.15) is 17.9 Å². The number of thiol groups is 1. The summed E-state index contributed by atoms with van der Waals surface area (Å²) in [6.45, 7) is 0. The highest BCUT2D eigenvalue weighted by Crippen LogP contribution is 2.08. The molecule has 1 rings (SSSR count). The molecular formula is C11H8FNS. The van der Waals surface area contributed by atoms with Crippen molar-refractivity contribution in [2.24, 2.45) is 0 Å². The standard InChI is InChI=1S/C11H8FNS/c12-11-5-4-10(8-13)9(7-11)3-1-2-6-14/h4-5,7,14H,2,6H2. The maximum Gasteiger partial charge on any atom is 0.124 e. The van der Waals surface area contributed by atoms with E-state index in [1.807, 2.05) is 6.07 Å². The molecule has 0 amide bonds. The molecule has 0 heterocycles. The number of benzene rings is 1. The first-order valence-electron chi connectivity index (χ1n) is 4.07. The van der Waals surface area contributed by atoms with Gasteiger partial charge >= 0.3 is 0 Å². The van der Waals surface area contributed by atoms with Crippen LogP contribution in [0.25, 0.3) is 0 Å². The third kappa shape index (κ3) is 2.80. The van der Waals surface area contributed by atoms with E-state index in [1.54, 1.807) is 0 Å². The van der Waals surface area contributed by atoms with Gasteiger partial charge in [0.05, 0.1) is 5.56 Å². The molecule has 0 aliphatic rings. The highest BCUT2D eigenvalue weighted by molar-refractivity contribution is 7.80. The highest BCUT2D eigenvalue weighted by atomic mass is 32.1. The molecule has 0 radical (unpaired) electrons. The zero-order valence-electron chi connectivity index (χ0n) is 7.42. The topological polar surface area (TPSA) is 23.8 Å². The lowest BCUT2D eigenvalue weighted by Crippen LogP contribution is -1.85. The van der Waals surface area contributed by atoms with Gasteiger partial charge in [0.1, 0.15) is 11.9 Å². The lowest BCUT2D eigenvalue weighted by molar-refractivity contribution is 0.627. The van der Waals surface area contributed by atoms with Gasteiger partial charge in [0, 0.05) is 17.7 Å². The number of halogens is 1. The van der Waals surface area contributed by atoms with Crippen molar-refractivity contribution in [1.29, 1.82) is 5.26 Å². The van der Waals surface area contributed by atoms with Crippen molar-refractivity contribution in [2.75, 3.05) is 5.75 Å². The number of hydrogen-bond acceptors (Lipinski definition) is 2. The van der Waals surface area contributed by atoms with Gasteiger partial charge in [-0.3, -0.25) is 0 Å². The Bertz CT molecular complexity index is 423. The fraction of sp³-hybridized carbons (Fsp3) is 0.182. The molecule has 1 nitrogen and oxygen atoms in total. The molecule has 0 unspecified atom stereocenters. The van der Waals surface area contributed by atoms with Crippen LogP contribution in [0.5, 0.6) is 0 Å². The second kappa shape index (κ2) is 5.32. The van der Waals surface area contributed by atoms with Crippen molar-refractivity contribution in [2.45, 2.75) is 6.42 Å². The Kier molecular flexibility index (Phi) is 4.04. The first-order chi connectivity index (χ1) is 6.77. The monoisotopic (exact) mass is 205 g/mol. The van der Waals surface area contributed by atoms with E-state index in [-0.39, 0.29) is 5.82 Å². The maximum atomic E-state index is 12.8. The van der Waals surface area contributed by atoms with E-state index < -0.39 is 0 Å². The average Bonchev–Trinajstić information content (AvgIpc) is 2.19.